The van der Waals surface area contributed by atoms with Crippen LogP contribution in [0.2, 0.25) is 0 Å². The van der Waals surface area contributed by atoms with Gasteiger partial charge >= 0.3 is 0 Å². The van der Waals surface area contributed by atoms with Gasteiger partial charge in [0.1, 0.15) is 5.75 Å². The van der Waals surface area contributed by atoms with Crippen LogP contribution in [0.15, 0.2) is 75.7 Å². The Morgan fingerprint density at radius 2 is 1.79 bits per heavy atom. The van der Waals surface area contributed by atoms with Crippen molar-refractivity contribution in [3.05, 3.63) is 76.6 Å². The Bertz CT molecular complexity index is 1510. The molecule has 0 fully saturated rings. The van der Waals surface area contributed by atoms with Gasteiger partial charge in [-0.2, -0.15) is 5.10 Å². The van der Waals surface area contributed by atoms with Crippen LogP contribution in [-0.2, 0) is 4.79 Å². The summed E-state index contributed by atoms with van der Waals surface area (Å²) in [6.45, 7) is 2.43. The van der Waals surface area contributed by atoms with Crippen molar-refractivity contribution < 1.29 is 24.1 Å². The first-order chi connectivity index (χ1) is 18.4. The highest BCUT2D eigenvalue weighted by Crippen LogP contribution is 2.36. The number of carbonyl (C=O) groups excluding carboxylic acids is 1. The average Bonchev–Trinajstić information content (AvgIpc) is 2.93. The van der Waals surface area contributed by atoms with E-state index in [2.05, 4.69) is 15.5 Å². The first kappa shape index (κ1) is 26.6. The quantitative estimate of drug-likeness (QED) is 0.136. The molecule has 196 valence electrons. The number of methoxy groups -OCH3 is 2. The lowest BCUT2D eigenvalue weighted by atomic mass is 10.2. The van der Waals surface area contributed by atoms with Crippen molar-refractivity contribution in [2.24, 2.45) is 5.10 Å². The normalized spacial score (nSPS) is 11.0. The molecule has 1 heterocycles. The molecule has 0 unspecified atom stereocenters. The van der Waals surface area contributed by atoms with Gasteiger partial charge in [0.2, 0.25) is 5.75 Å². The third-order valence-electron chi connectivity index (χ3n) is 5.39. The molecule has 0 saturated carbocycles. The van der Waals surface area contributed by atoms with Gasteiger partial charge in [-0.15, -0.1) is 0 Å². The summed E-state index contributed by atoms with van der Waals surface area (Å²) < 4.78 is 17.2. The molecule has 10 nitrogen and oxygen atoms in total. The number of nitrogens with one attached hydrogen (secondary N) is 1. The van der Waals surface area contributed by atoms with E-state index in [-0.39, 0.29) is 28.6 Å². The van der Waals surface area contributed by atoms with Crippen molar-refractivity contribution >= 4 is 34.8 Å². The van der Waals surface area contributed by atoms with Crippen LogP contribution in [0, 0.1) is 0 Å². The average molecular weight is 535 g/mol. The maximum atomic E-state index is 13.4. The Hall–Kier alpha value is -4.51. The molecular weight excluding hydrogens is 508 g/mol. The molecular formula is C27H26N4O6S. The second-order valence-corrected chi connectivity index (χ2v) is 8.78. The summed E-state index contributed by atoms with van der Waals surface area (Å²) in [7, 11) is 2.84. The fraction of sp³-hybridized carbons (Fsp3) is 0.185. The second kappa shape index (κ2) is 12.2. The molecule has 11 heteroatoms. The van der Waals surface area contributed by atoms with Gasteiger partial charge in [-0.25, -0.2) is 10.4 Å². The van der Waals surface area contributed by atoms with Crippen LogP contribution in [0.4, 0.5) is 0 Å². The molecule has 4 aromatic rings. The van der Waals surface area contributed by atoms with Gasteiger partial charge in [0.25, 0.3) is 11.5 Å². The molecule has 0 radical (unpaired) electrons. The van der Waals surface area contributed by atoms with E-state index in [1.165, 1.54) is 25.0 Å². The Morgan fingerprint density at radius 3 is 2.45 bits per heavy atom. The number of benzene rings is 3. The van der Waals surface area contributed by atoms with Gasteiger partial charge in [-0.05, 0) is 55.5 Å². The highest BCUT2D eigenvalue weighted by atomic mass is 32.2. The number of phenols is 1. The van der Waals surface area contributed by atoms with Crippen molar-refractivity contribution in [2.75, 3.05) is 26.6 Å². The molecule has 2 N–H and O–H groups in total. The number of phenolic OH excluding ortho intramolecular Hbond substituents is 1. The molecule has 4 rings (SSSR count). The molecule has 0 aliphatic rings. The van der Waals surface area contributed by atoms with Crippen LogP contribution in [0.5, 0.6) is 23.0 Å². The number of aromatic nitrogens is 2. The fourth-order valence-corrected chi connectivity index (χ4v) is 4.43. The lowest BCUT2D eigenvalue weighted by molar-refractivity contribution is -0.118. The zero-order chi connectivity index (χ0) is 27.1. The molecule has 0 saturated heterocycles. The van der Waals surface area contributed by atoms with Crippen molar-refractivity contribution in [2.45, 2.75) is 12.1 Å². The summed E-state index contributed by atoms with van der Waals surface area (Å²) in [4.78, 5) is 30.6. The minimum atomic E-state index is -0.399. The topological polar surface area (TPSA) is 124 Å². The molecule has 38 heavy (non-hydrogen) atoms. The number of carbonyl (C=O) groups is 1. The van der Waals surface area contributed by atoms with Crippen molar-refractivity contribution in [3.63, 3.8) is 0 Å². The van der Waals surface area contributed by atoms with E-state index in [1.54, 1.807) is 60.7 Å². The number of fused-ring (bicyclic) bond motifs is 1. The molecule has 0 bridgehead atoms. The summed E-state index contributed by atoms with van der Waals surface area (Å²) in [5.74, 6) is 0.540. The largest absolute Gasteiger partial charge is 0.502 e. The van der Waals surface area contributed by atoms with Crippen LogP contribution in [0.25, 0.3) is 16.6 Å². The number of para-hydroxylation sites is 1. The maximum absolute atomic E-state index is 13.4. The first-order valence-electron chi connectivity index (χ1n) is 11.6. The monoisotopic (exact) mass is 534 g/mol. The van der Waals surface area contributed by atoms with E-state index in [4.69, 9.17) is 14.2 Å². The molecule has 0 spiro atoms. The number of hydrogen-bond acceptors (Lipinski definition) is 9. The van der Waals surface area contributed by atoms with Crippen molar-refractivity contribution in [3.8, 4) is 28.7 Å². The van der Waals surface area contributed by atoms with E-state index in [0.29, 0.717) is 39.7 Å². The van der Waals surface area contributed by atoms with Gasteiger partial charge in [0.05, 0.1) is 49.4 Å². The van der Waals surface area contributed by atoms with E-state index in [1.807, 2.05) is 6.92 Å². The number of rotatable bonds is 10. The third-order valence-corrected chi connectivity index (χ3v) is 6.33. The molecule has 0 aliphatic carbocycles. The van der Waals surface area contributed by atoms with Gasteiger partial charge in [-0.1, -0.05) is 23.9 Å². The van der Waals surface area contributed by atoms with Crippen LogP contribution < -0.4 is 25.2 Å². The molecule has 0 aliphatic heterocycles. The lowest BCUT2D eigenvalue weighted by Crippen LogP contribution is -2.24. The summed E-state index contributed by atoms with van der Waals surface area (Å²) in [6.07, 6.45) is 1.40. The number of aromatic hydroxyl groups is 1. The number of thioether (sulfide) groups is 1. The minimum absolute atomic E-state index is 0.0403. The third kappa shape index (κ3) is 5.89. The Labute approximate surface area is 222 Å². The summed E-state index contributed by atoms with van der Waals surface area (Å²) >= 11 is 1.12. The van der Waals surface area contributed by atoms with Gasteiger partial charge in [0, 0.05) is 5.56 Å². The van der Waals surface area contributed by atoms with Crippen LogP contribution >= 0.6 is 11.8 Å². The second-order valence-electron chi connectivity index (χ2n) is 7.83. The molecule has 1 aromatic heterocycles. The van der Waals surface area contributed by atoms with Gasteiger partial charge < -0.3 is 19.3 Å². The maximum Gasteiger partial charge on any atom is 0.266 e. The first-order valence-corrected chi connectivity index (χ1v) is 12.6. The van der Waals surface area contributed by atoms with Crippen LogP contribution in [0.1, 0.15) is 12.5 Å². The van der Waals surface area contributed by atoms with Crippen LogP contribution in [0.3, 0.4) is 0 Å². The SMILES string of the molecule is CCOc1ccc(-n2c(SCC(=O)NN=Cc3cc(OC)c(O)c(OC)c3)nc3ccccc3c2=O)cc1. The number of nitrogens with zero attached hydrogens (tertiary/aromatic N) is 3. The van der Waals surface area contributed by atoms with E-state index < -0.39 is 5.91 Å². The Morgan fingerprint density at radius 1 is 1.11 bits per heavy atom. The standard InChI is InChI=1S/C27H26N4O6S/c1-4-37-19-11-9-18(10-12-19)31-26(34)20-7-5-6-8-21(20)29-27(31)38-16-24(32)30-28-15-17-13-22(35-2)25(33)23(14-17)36-3/h5-15,33H,4,16H2,1-3H3,(H,30,32). The van der Waals surface area contributed by atoms with E-state index in [9.17, 15) is 14.7 Å². The summed E-state index contributed by atoms with van der Waals surface area (Å²) in [5, 5.41) is 14.8. The molecule has 3 aromatic carbocycles. The summed E-state index contributed by atoms with van der Waals surface area (Å²) in [5.41, 5.74) is 3.91. The predicted octanol–water partition coefficient (Wildman–Crippen LogP) is 3.75. The number of ether oxygens (including phenoxy) is 3. The molecule has 0 atom stereocenters. The predicted molar refractivity (Wildman–Crippen MR) is 146 cm³/mol. The Kier molecular flexibility index (Phi) is 8.49. The Balaban J connectivity index is 1.54. The number of amides is 1. The smallest absolute Gasteiger partial charge is 0.266 e. The minimum Gasteiger partial charge on any atom is -0.502 e. The molecule has 1 amide bonds. The van der Waals surface area contributed by atoms with Crippen molar-refractivity contribution in [1.82, 2.24) is 15.0 Å². The zero-order valence-electron chi connectivity index (χ0n) is 21.0. The van der Waals surface area contributed by atoms with Crippen LogP contribution in [-0.4, -0.2) is 53.4 Å². The van der Waals surface area contributed by atoms with Gasteiger partial charge in [-0.3, -0.25) is 14.2 Å². The van der Waals surface area contributed by atoms with E-state index in [0.717, 1.165) is 11.8 Å². The van der Waals surface area contributed by atoms with Crippen molar-refractivity contribution in [1.29, 1.82) is 0 Å². The van der Waals surface area contributed by atoms with Gasteiger partial charge in [0.15, 0.2) is 16.7 Å². The zero-order valence-corrected chi connectivity index (χ0v) is 21.8. The highest BCUT2D eigenvalue weighted by molar-refractivity contribution is 7.99. The van der Waals surface area contributed by atoms with E-state index >= 15 is 0 Å². The number of hydrazone groups is 1. The highest BCUT2D eigenvalue weighted by Gasteiger charge is 2.15. The lowest BCUT2D eigenvalue weighted by Gasteiger charge is -2.13. The fourth-order valence-electron chi connectivity index (χ4n) is 3.62. The summed E-state index contributed by atoms with van der Waals surface area (Å²) in [6, 6.07) is 17.3. The number of hydrogen-bond donors (Lipinski definition) is 2.